The minimum atomic E-state index is -0.563. The first-order chi connectivity index (χ1) is 29.8. The van der Waals surface area contributed by atoms with Crippen LogP contribution in [0.4, 0.5) is 17.1 Å². The van der Waals surface area contributed by atoms with Gasteiger partial charge < -0.3 is 9.64 Å². The van der Waals surface area contributed by atoms with Crippen LogP contribution in [0.5, 0.6) is 5.75 Å². The molecule has 0 radical (unpaired) electrons. The molecule has 8 aromatic rings. The lowest BCUT2D eigenvalue weighted by Crippen LogP contribution is -2.28. The zero-order valence-corrected chi connectivity index (χ0v) is 36.1. The van der Waals surface area contributed by atoms with Gasteiger partial charge in [-0.3, -0.25) is 0 Å². The lowest BCUT2D eigenvalue weighted by molar-refractivity contribution is 0.306. The topological polar surface area (TPSA) is 12.5 Å². The average molecular weight is 794 g/mol. The lowest BCUT2D eigenvalue weighted by atomic mass is 9.67. The van der Waals surface area contributed by atoms with Gasteiger partial charge >= 0.3 is 0 Å². The zero-order chi connectivity index (χ0) is 41.9. The molecule has 2 unspecified atom stereocenters. The summed E-state index contributed by atoms with van der Waals surface area (Å²) in [5.41, 5.74) is 16.5. The van der Waals surface area contributed by atoms with Gasteiger partial charge in [-0.15, -0.1) is 0 Å². The monoisotopic (exact) mass is 793 g/mol. The van der Waals surface area contributed by atoms with Crippen LogP contribution in [0.25, 0.3) is 22.3 Å². The smallest absolute Gasteiger partial charge is 0.119 e. The summed E-state index contributed by atoms with van der Waals surface area (Å²) in [5.74, 6) is 2.71. The van der Waals surface area contributed by atoms with Crippen molar-refractivity contribution in [1.29, 1.82) is 0 Å². The quantitative estimate of drug-likeness (QED) is 0.115. The summed E-state index contributed by atoms with van der Waals surface area (Å²) in [4.78, 5) is 2.38. The Bertz CT molecular complexity index is 2700. The Morgan fingerprint density at radius 1 is 0.492 bits per heavy atom. The van der Waals surface area contributed by atoms with Crippen LogP contribution >= 0.6 is 0 Å². The SMILES string of the molecule is Cc1ccc(C2(c3ccc(OCc4ccc(C(CC(C)C)C(C)C)cc4)cc3)c3ccccc3-c3ccc(N(c4ccccc4)c4ccc(-c5ccccc5)cc4)cc32)cc1. The molecule has 0 heterocycles. The maximum atomic E-state index is 6.49. The largest absolute Gasteiger partial charge is 0.489 e. The molecule has 2 nitrogen and oxygen atoms in total. The van der Waals surface area contributed by atoms with E-state index in [-0.39, 0.29) is 0 Å². The van der Waals surface area contributed by atoms with E-state index in [1.54, 1.807) is 0 Å². The number of fused-ring (bicyclic) bond motifs is 3. The van der Waals surface area contributed by atoms with Crippen LogP contribution in [0.2, 0.25) is 0 Å². The van der Waals surface area contributed by atoms with Crippen LogP contribution in [0.1, 0.15) is 79.0 Å². The molecule has 0 aromatic heterocycles. The third-order valence-electron chi connectivity index (χ3n) is 12.6. The maximum absolute atomic E-state index is 6.49. The van der Waals surface area contributed by atoms with E-state index >= 15 is 0 Å². The molecule has 9 rings (SSSR count). The van der Waals surface area contributed by atoms with Crippen molar-refractivity contribution in [2.24, 2.45) is 11.8 Å². The fourth-order valence-electron chi connectivity index (χ4n) is 9.59. The second-order valence-corrected chi connectivity index (χ2v) is 17.5. The van der Waals surface area contributed by atoms with Gasteiger partial charge in [0.25, 0.3) is 0 Å². The number of rotatable bonds is 13. The van der Waals surface area contributed by atoms with Gasteiger partial charge in [0.05, 0.1) is 5.41 Å². The van der Waals surface area contributed by atoms with E-state index in [1.807, 2.05) is 0 Å². The van der Waals surface area contributed by atoms with Crippen molar-refractivity contribution in [3.63, 3.8) is 0 Å². The molecular weight excluding hydrogens is 739 g/mol. The van der Waals surface area contributed by atoms with Crippen LogP contribution in [0, 0.1) is 18.8 Å². The Labute approximate surface area is 363 Å². The van der Waals surface area contributed by atoms with E-state index in [0.29, 0.717) is 24.4 Å². The molecule has 1 aliphatic carbocycles. The Morgan fingerprint density at radius 3 is 1.70 bits per heavy atom. The molecule has 61 heavy (non-hydrogen) atoms. The Kier molecular flexibility index (Phi) is 11.2. The Hall–Kier alpha value is -6.64. The first-order valence-corrected chi connectivity index (χ1v) is 21.9. The summed E-state index contributed by atoms with van der Waals surface area (Å²) in [6.45, 7) is 12.0. The molecule has 0 N–H and O–H groups in total. The minimum absolute atomic E-state index is 0.524. The summed E-state index contributed by atoms with van der Waals surface area (Å²) < 4.78 is 6.49. The minimum Gasteiger partial charge on any atom is -0.489 e. The van der Waals surface area contributed by atoms with E-state index in [1.165, 1.54) is 67.6 Å². The fourth-order valence-corrected chi connectivity index (χ4v) is 9.59. The number of nitrogens with zero attached hydrogens (tertiary/aromatic N) is 1. The highest BCUT2D eigenvalue weighted by atomic mass is 16.5. The summed E-state index contributed by atoms with van der Waals surface area (Å²) in [6, 6.07) is 73.4. The number of aryl methyl sites for hydroxylation is 1. The molecule has 0 bridgehead atoms. The molecule has 0 amide bonds. The average Bonchev–Trinajstić information content (AvgIpc) is 3.59. The molecular formula is C59H55NO. The van der Waals surface area contributed by atoms with Gasteiger partial charge in [0.2, 0.25) is 0 Å². The molecule has 2 atom stereocenters. The first-order valence-electron chi connectivity index (χ1n) is 21.9. The molecule has 0 saturated heterocycles. The van der Waals surface area contributed by atoms with E-state index in [4.69, 9.17) is 4.74 Å². The van der Waals surface area contributed by atoms with Crippen LogP contribution < -0.4 is 9.64 Å². The Morgan fingerprint density at radius 2 is 1.05 bits per heavy atom. The molecule has 0 aliphatic heterocycles. The van der Waals surface area contributed by atoms with Crippen LogP contribution in [0.15, 0.2) is 200 Å². The molecule has 0 fully saturated rings. The van der Waals surface area contributed by atoms with Crippen molar-refractivity contribution in [1.82, 2.24) is 0 Å². The van der Waals surface area contributed by atoms with Gasteiger partial charge in [-0.1, -0.05) is 185 Å². The summed E-state index contributed by atoms with van der Waals surface area (Å²) >= 11 is 0. The molecule has 8 aromatic carbocycles. The molecule has 302 valence electrons. The van der Waals surface area contributed by atoms with Gasteiger partial charge in [-0.2, -0.15) is 0 Å². The molecule has 1 aliphatic rings. The van der Waals surface area contributed by atoms with Crippen molar-refractivity contribution in [3.05, 3.63) is 239 Å². The second kappa shape index (κ2) is 17.1. The molecule has 0 spiro atoms. The van der Waals surface area contributed by atoms with Crippen LogP contribution in [-0.2, 0) is 12.0 Å². The van der Waals surface area contributed by atoms with Crippen molar-refractivity contribution in [2.75, 3.05) is 4.90 Å². The van der Waals surface area contributed by atoms with Gasteiger partial charge in [-0.25, -0.2) is 0 Å². The standard InChI is InChI=1S/C59H55NO/c1-41(2)38-56(42(3)4)47-24-22-44(23-25-47)40-61-53-35-30-49(31-36-53)59(48-28-20-43(5)21-29-48)57-19-13-12-18-54(57)55-37-34-52(39-58(55)59)60(50-16-10-7-11-17-50)51-32-26-46(27-33-51)45-14-8-6-9-15-45/h6-37,39,41-42,56H,38,40H2,1-5H3. The number of hydrogen-bond donors (Lipinski definition) is 0. The molecule has 0 saturated carbocycles. The normalized spacial score (nSPS) is 14.7. The summed E-state index contributed by atoms with van der Waals surface area (Å²) in [7, 11) is 0. The highest BCUT2D eigenvalue weighted by Crippen LogP contribution is 2.57. The number of ether oxygens (including phenoxy) is 1. The van der Waals surface area contributed by atoms with Crippen LogP contribution in [-0.4, -0.2) is 0 Å². The first kappa shape index (κ1) is 39.8. The van der Waals surface area contributed by atoms with Gasteiger partial charge in [0.1, 0.15) is 12.4 Å². The lowest BCUT2D eigenvalue weighted by Gasteiger charge is -2.35. The maximum Gasteiger partial charge on any atom is 0.119 e. The number of hydrogen-bond acceptors (Lipinski definition) is 2. The van der Waals surface area contributed by atoms with Crippen molar-refractivity contribution >= 4 is 17.1 Å². The van der Waals surface area contributed by atoms with E-state index in [9.17, 15) is 0 Å². The van der Waals surface area contributed by atoms with E-state index in [0.717, 1.165) is 22.8 Å². The predicted octanol–water partition coefficient (Wildman–Crippen LogP) is 15.9. The van der Waals surface area contributed by atoms with Crippen molar-refractivity contribution < 1.29 is 4.74 Å². The number of anilines is 3. The third kappa shape index (κ3) is 7.80. The summed E-state index contributed by atoms with van der Waals surface area (Å²) in [6.07, 6.45) is 1.20. The number of para-hydroxylation sites is 1. The van der Waals surface area contributed by atoms with Gasteiger partial charge in [0.15, 0.2) is 0 Å². The highest BCUT2D eigenvalue weighted by molar-refractivity contribution is 5.89. The van der Waals surface area contributed by atoms with Gasteiger partial charge in [-0.05, 0) is 135 Å². The third-order valence-corrected chi connectivity index (χ3v) is 12.6. The predicted molar refractivity (Wildman–Crippen MR) is 256 cm³/mol. The number of benzene rings is 8. The van der Waals surface area contributed by atoms with Crippen LogP contribution in [0.3, 0.4) is 0 Å². The summed E-state index contributed by atoms with van der Waals surface area (Å²) in [5, 5.41) is 0. The fraction of sp³-hybridized carbons (Fsp3) is 0.186. The van der Waals surface area contributed by atoms with Crippen molar-refractivity contribution in [2.45, 2.75) is 59.0 Å². The second-order valence-electron chi connectivity index (χ2n) is 17.5. The highest BCUT2D eigenvalue weighted by Gasteiger charge is 2.46. The molecule has 2 heteroatoms. The van der Waals surface area contributed by atoms with E-state index in [2.05, 4.69) is 240 Å². The van der Waals surface area contributed by atoms with Crippen molar-refractivity contribution in [3.8, 4) is 28.0 Å². The van der Waals surface area contributed by atoms with Gasteiger partial charge in [0, 0.05) is 17.1 Å². The zero-order valence-electron chi connectivity index (χ0n) is 36.1. The van der Waals surface area contributed by atoms with E-state index < -0.39 is 5.41 Å². The Balaban J connectivity index is 1.11.